The highest BCUT2D eigenvalue weighted by Gasteiger charge is 2.17. The van der Waals surface area contributed by atoms with E-state index in [-0.39, 0.29) is 0 Å². The standard InChI is InChI=1S/C13H17IO5/c1-16-10-7-9(13(15)19-6-4-5-14)8-11(17-2)12(10)18-3/h7-8H,4-6H2,1-3H3. The Morgan fingerprint density at radius 2 is 1.68 bits per heavy atom. The number of carbonyl (C=O) groups is 1. The monoisotopic (exact) mass is 380 g/mol. The molecular formula is C13H17IO5. The summed E-state index contributed by atoms with van der Waals surface area (Å²) in [5, 5.41) is 0. The van der Waals surface area contributed by atoms with Crippen LogP contribution < -0.4 is 14.2 Å². The fraction of sp³-hybridized carbons (Fsp3) is 0.462. The predicted octanol–water partition coefficient (Wildman–Crippen LogP) is 2.69. The molecule has 0 saturated carbocycles. The van der Waals surface area contributed by atoms with E-state index in [1.165, 1.54) is 21.3 Å². The molecule has 1 aromatic rings. The lowest BCUT2D eigenvalue weighted by Crippen LogP contribution is -2.08. The molecule has 0 fully saturated rings. The third-order valence-corrected chi connectivity index (χ3v) is 3.17. The number of hydrogen-bond donors (Lipinski definition) is 0. The van der Waals surface area contributed by atoms with E-state index in [1.807, 2.05) is 0 Å². The number of rotatable bonds is 7. The topological polar surface area (TPSA) is 54.0 Å². The van der Waals surface area contributed by atoms with E-state index in [0.717, 1.165) is 10.8 Å². The van der Waals surface area contributed by atoms with Gasteiger partial charge in [0.15, 0.2) is 11.5 Å². The summed E-state index contributed by atoms with van der Waals surface area (Å²) in [6, 6.07) is 3.15. The first-order valence-electron chi connectivity index (χ1n) is 5.71. The zero-order valence-electron chi connectivity index (χ0n) is 11.2. The Bertz CT molecular complexity index is 408. The molecule has 6 heteroatoms. The van der Waals surface area contributed by atoms with Crippen molar-refractivity contribution in [3.05, 3.63) is 17.7 Å². The van der Waals surface area contributed by atoms with E-state index in [9.17, 15) is 4.79 Å². The molecule has 0 amide bonds. The van der Waals surface area contributed by atoms with Gasteiger partial charge in [0, 0.05) is 4.43 Å². The lowest BCUT2D eigenvalue weighted by molar-refractivity contribution is 0.0506. The molecule has 0 unspecified atom stereocenters. The molecule has 5 nitrogen and oxygen atoms in total. The van der Waals surface area contributed by atoms with Gasteiger partial charge in [-0.25, -0.2) is 4.79 Å². The highest BCUT2D eigenvalue weighted by Crippen LogP contribution is 2.38. The van der Waals surface area contributed by atoms with Crippen LogP contribution in [0, 0.1) is 0 Å². The second-order valence-corrected chi connectivity index (χ2v) is 4.67. The summed E-state index contributed by atoms with van der Waals surface area (Å²) in [6.07, 6.45) is 0.830. The van der Waals surface area contributed by atoms with E-state index in [4.69, 9.17) is 18.9 Å². The summed E-state index contributed by atoms with van der Waals surface area (Å²) in [5.41, 5.74) is 0.378. The van der Waals surface area contributed by atoms with Crippen molar-refractivity contribution < 1.29 is 23.7 Å². The largest absolute Gasteiger partial charge is 0.493 e. The maximum Gasteiger partial charge on any atom is 0.338 e. The highest BCUT2D eigenvalue weighted by molar-refractivity contribution is 14.1. The third kappa shape index (κ3) is 4.15. The lowest BCUT2D eigenvalue weighted by atomic mass is 10.2. The summed E-state index contributed by atoms with van der Waals surface area (Å²) in [6.45, 7) is 0.401. The molecule has 0 aliphatic carbocycles. The smallest absolute Gasteiger partial charge is 0.338 e. The van der Waals surface area contributed by atoms with Crippen molar-refractivity contribution in [3.63, 3.8) is 0 Å². The van der Waals surface area contributed by atoms with Gasteiger partial charge in [0.05, 0.1) is 33.5 Å². The zero-order chi connectivity index (χ0) is 14.3. The van der Waals surface area contributed by atoms with Gasteiger partial charge < -0.3 is 18.9 Å². The zero-order valence-corrected chi connectivity index (χ0v) is 13.4. The van der Waals surface area contributed by atoms with Gasteiger partial charge in [-0.2, -0.15) is 0 Å². The number of halogens is 1. The molecule has 0 saturated heterocycles. The molecule has 1 rings (SSSR count). The molecular weight excluding hydrogens is 363 g/mol. The van der Waals surface area contributed by atoms with Gasteiger partial charge in [-0.3, -0.25) is 0 Å². The summed E-state index contributed by atoms with van der Waals surface area (Å²) >= 11 is 2.23. The first kappa shape index (κ1) is 15.9. The van der Waals surface area contributed by atoms with Crippen LogP contribution in [0.1, 0.15) is 16.8 Å². The Morgan fingerprint density at radius 1 is 1.11 bits per heavy atom. The fourth-order valence-corrected chi connectivity index (χ4v) is 1.81. The number of benzene rings is 1. The molecule has 0 aliphatic rings. The number of carbonyl (C=O) groups excluding carboxylic acids is 1. The molecule has 0 aliphatic heterocycles. The van der Waals surface area contributed by atoms with Crippen molar-refractivity contribution >= 4 is 28.6 Å². The number of hydrogen-bond acceptors (Lipinski definition) is 5. The quantitative estimate of drug-likeness (QED) is 0.315. The van der Waals surface area contributed by atoms with Crippen LogP contribution >= 0.6 is 22.6 Å². The number of alkyl halides is 1. The Labute approximate surface area is 126 Å². The van der Waals surface area contributed by atoms with E-state index in [1.54, 1.807) is 12.1 Å². The molecule has 106 valence electrons. The Morgan fingerprint density at radius 3 is 2.11 bits per heavy atom. The van der Waals surface area contributed by atoms with Crippen LogP contribution in [0.3, 0.4) is 0 Å². The van der Waals surface area contributed by atoms with Crippen molar-refractivity contribution in [1.82, 2.24) is 0 Å². The minimum atomic E-state index is -0.399. The highest BCUT2D eigenvalue weighted by atomic mass is 127. The summed E-state index contributed by atoms with van der Waals surface area (Å²) < 4.78 is 21.6. The van der Waals surface area contributed by atoms with Gasteiger partial charge in [-0.15, -0.1) is 0 Å². The summed E-state index contributed by atoms with van der Waals surface area (Å²) in [5.74, 6) is 0.920. The fourth-order valence-electron chi connectivity index (χ4n) is 1.50. The third-order valence-electron chi connectivity index (χ3n) is 2.41. The second kappa shape index (κ2) is 8.08. The second-order valence-electron chi connectivity index (χ2n) is 3.59. The van der Waals surface area contributed by atoms with Crippen LogP contribution in [0.2, 0.25) is 0 Å². The van der Waals surface area contributed by atoms with Gasteiger partial charge in [0.2, 0.25) is 5.75 Å². The van der Waals surface area contributed by atoms with Crippen molar-refractivity contribution in [3.8, 4) is 17.2 Å². The van der Waals surface area contributed by atoms with E-state index >= 15 is 0 Å². The minimum absolute atomic E-state index is 0.378. The average molecular weight is 380 g/mol. The molecule has 1 aromatic carbocycles. The van der Waals surface area contributed by atoms with Gasteiger partial charge in [-0.05, 0) is 18.6 Å². The van der Waals surface area contributed by atoms with E-state index in [0.29, 0.717) is 29.4 Å². The average Bonchev–Trinajstić information content (AvgIpc) is 2.45. The molecule has 0 aromatic heterocycles. The van der Waals surface area contributed by atoms with Gasteiger partial charge in [0.25, 0.3) is 0 Å². The van der Waals surface area contributed by atoms with E-state index < -0.39 is 5.97 Å². The summed E-state index contributed by atoms with van der Waals surface area (Å²) in [4.78, 5) is 11.9. The van der Waals surface area contributed by atoms with Crippen LogP contribution in [-0.2, 0) is 4.74 Å². The number of esters is 1. The molecule has 0 bridgehead atoms. The first-order chi connectivity index (χ1) is 9.17. The van der Waals surface area contributed by atoms with Gasteiger partial charge in [0.1, 0.15) is 0 Å². The normalized spacial score (nSPS) is 9.89. The predicted molar refractivity (Wildman–Crippen MR) is 79.9 cm³/mol. The number of ether oxygens (including phenoxy) is 4. The molecule has 19 heavy (non-hydrogen) atoms. The lowest BCUT2D eigenvalue weighted by Gasteiger charge is -2.13. The number of methoxy groups -OCH3 is 3. The molecule has 0 N–H and O–H groups in total. The molecule has 0 atom stereocenters. The SMILES string of the molecule is COc1cc(C(=O)OCCCI)cc(OC)c1OC. The Hall–Kier alpha value is -1.18. The summed E-state index contributed by atoms with van der Waals surface area (Å²) in [7, 11) is 4.52. The maximum absolute atomic E-state index is 11.9. The van der Waals surface area contributed by atoms with Crippen molar-refractivity contribution in [2.75, 3.05) is 32.4 Å². The van der Waals surface area contributed by atoms with Crippen LogP contribution in [0.4, 0.5) is 0 Å². The van der Waals surface area contributed by atoms with Crippen LogP contribution in [0.15, 0.2) is 12.1 Å². The van der Waals surface area contributed by atoms with Gasteiger partial charge in [-0.1, -0.05) is 22.6 Å². The molecule has 0 spiro atoms. The van der Waals surface area contributed by atoms with Crippen molar-refractivity contribution in [2.24, 2.45) is 0 Å². The van der Waals surface area contributed by atoms with Crippen molar-refractivity contribution in [1.29, 1.82) is 0 Å². The van der Waals surface area contributed by atoms with Crippen LogP contribution in [0.5, 0.6) is 17.2 Å². The van der Waals surface area contributed by atoms with Gasteiger partial charge >= 0.3 is 5.97 Å². The van der Waals surface area contributed by atoms with E-state index in [2.05, 4.69) is 22.6 Å². The first-order valence-corrected chi connectivity index (χ1v) is 7.23. The van der Waals surface area contributed by atoms with Crippen LogP contribution in [0.25, 0.3) is 0 Å². The Kier molecular flexibility index (Phi) is 6.75. The minimum Gasteiger partial charge on any atom is -0.493 e. The Balaban J connectivity index is 2.98. The molecule has 0 heterocycles. The molecule has 0 radical (unpaired) electrons. The van der Waals surface area contributed by atoms with Crippen molar-refractivity contribution in [2.45, 2.75) is 6.42 Å². The van der Waals surface area contributed by atoms with Crippen LogP contribution in [-0.4, -0.2) is 38.3 Å². The maximum atomic E-state index is 11.9.